The van der Waals surface area contributed by atoms with E-state index in [1.54, 1.807) is 0 Å². The number of carboxylic acids is 1. The predicted octanol–water partition coefficient (Wildman–Crippen LogP) is 2.62. The average molecular weight is 180 g/mol. The first-order valence-electron chi connectivity index (χ1n) is 4.64. The molecule has 0 aromatic heterocycles. The molecule has 1 N–H and O–H groups in total. The van der Waals surface area contributed by atoms with E-state index in [2.05, 4.69) is 12.2 Å². The molecule has 72 valence electrons. The van der Waals surface area contributed by atoms with Crippen LogP contribution in [0.2, 0.25) is 0 Å². The number of carbonyl (C=O) groups is 1. The van der Waals surface area contributed by atoms with Gasteiger partial charge in [-0.15, -0.1) is 0 Å². The third-order valence-electron chi connectivity index (χ3n) is 2.26. The first kappa shape index (κ1) is 10.0. The Labute approximate surface area is 79.0 Å². The second kappa shape index (κ2) is 4.26. The number of hydrogen-bond acceptors (Lipinski definition) is 1. The highest BCUT2D eigenvalue weighted by atomic mass is 16.4. The zero-order valence-corrected chi connectivity index (χ0v) is 8.16. The summed E-state index contributed by atoms with van der Waals surface area (Å²) in [5.41, 5.74) is 1.25. The fourth-order valence-corrected chi connectivity index (χ4v) is 1.67. The van der Waals surface area contributed by atoms with Crippen LogP contribution < -0.4 is 0 Å². The topological polar surface area (TPSA) is 37.3 Å². The minimum atomic E-state index is -0.670. The van der Waals surface area contributed by atoms with E-state index in [-0.39, 0.29) is 5.92 Å². The number of hydrogen-bond donors (Lipinski definition) is 1. The molecule has 0 heterocycles. The van der Waals surface area contributed by atoms with Crippen LogP contribution in [0.3, 0.4) is 0 Å². The summed E-state index contributed by atoms with van der Waals surface area (Å²) in [7, 11) is 0. The van der Waals surface area contributed by atoms with Gasteiger partial charge in [-0.2, -0.15) is 0 Å². The molecule has 0 amide bonds. The summed E-state index contributed by atoms with van der Waals surface area (Å²) in [5, 5.41) is 8.84. The van der Waals surface area contributed by atoms with Crippen molar-refractivity contribution >= 4 is 5.97 Å². The Kier molecular flexibility index (Phi) is 3.29. The predicted molar refractivity (Wildman–Crippen MR) is 52.4 cm³/mol. The van der Waals surface area contributed by atoms with Crippen LogP contribution in [0.4, 0.5) is 0 Å². The number of aliphatic carboxylic acids is 1. The lowest BCUT2D eigenvalue weighted by molar-refractivity contribution is -0.142. The van der Waals surface area contributed by atoms with Crippen molar-refractivity contribution in [3.63, 3.8) is 0 Å². The molecule has 2 heteroatoms. The molecule has 2 atom stereocenters. The van der Waals surface area contributed by atoms with Crippen molar-refractivity contribution in [2.45, 2.75) is 26.7 Å². The molecule has 0 bridgehead atoms. The van der Waals surface area contributed by atoms with Gasteiger partial charge in [0.1, 0.15) is 0 Å². The summed E-state index contributed by atoms with van der Waals surface area (Å²) in [4.78, 5) is 10.7. The zero-order chi connectivity index (χ0) is 9.84. The SMILES string of the molecule is CC(C)=CC1C=CCC(C(=O)O)C1. The molecule has 2 unspecified atom stereocenters. The van der Waals surface area contributed by atoms with Gasteiger partial charge in [0, 0.05) is 0 Å². The fraction of sp³-hybridized carbons (Fsp3) is 0.545. The first-order chi connectivity index (χ1) is 6.09. The van der Waals surface area contributed by atoms with Crippen molar-refractivity contribution in [2.75, 3.05) is 0 Å². The molecule has 0 aromatic carbocycles. The Morgan fingerprint density at radius 1 is 1.54 bits per heavy atom. The third-order valence-corrected chi connectivity index (χ3v) is 2.26. The van der Waals surface area contributed by atoms with Crippen LogP contribution in [0.25, 0.3) is 0 Å². The Morgan fingerprint density at radius 3 is 2.77 bits per heavy atom. The van der Waals surface area contributed by atoms with Gasteiger partial charge in [-0.3, -0.25) is 4.79 Å². The van der Waals surface area contributed by atoms with Crippen LogP contribution in [0.1, 0.15) is 26.7 Å². The minimum absolute atomic E-state index is 0.189. The van der Waals surface area contributed by atoms with E-state index in [0.717, 1.165) is 6.42 Å². The molecule has 0 radical (unpaired) electrons. The molecule has 1 aliphatic carbocycles. The lowest BCUT2D eigenvalue weighted by atomic mass is 9.86. The second-order valence-corrected chi connectivity index (χ2v) is 3.84. The molecule has 0 saturated carbocycles. The Hall–Kier alpha value is -1.05. The van der Waals surface area contributed by atoms with Crippen LogP contribution in [0.5, 0.6) is 0 Å². The highest BCUT2D eigenvalue weighted by Crippen LogP contribution is 2.25. The van der Waals surface area contributed by atoms with Crippen molar-refractivity contribution in [1.29, 1.82) is 0 Å². The third kappa shape index (κ3) is 3.05. The van der Waals surface area contributed by atoms with Crippen molar-refractivity contribution in [2.24, 2.45) is 11.8 Å². The lowest BCUT2D eigenvalue weighted by Crippen LogP contribution is -2.18. The van der Waals surface area contributed by atoms with Crippen LogP contribution in [0.15, 0.2) is 23.8 Å². The first-order valence-corrected chi connectivity index (χ1v) is 4.64. The molecule has 0 fully saturated rings. The quantitative estimate of drug-likeness (QED) is 0.663. The summed E-state index contributed by atoms with van der Waals surface area (Å²) in [6, 6.07) is 0. The molecule has 0 aromatic rings. The molecule has 0 aliphatic heterocycles. The van der Waals surface area contributed by atoms with Gasteiger partial charge in [0.25, 0.3) is 0 Å². The van der Waals surface area contributed by atoms with Crippen molar-refractivity contribution < 1.29 is 9.90 Å². The van der Waals surface area contributed by atoms with E-state index in [4.69, 9.17) is 5.11 Å². The van der Waals surface area contributed by atoms with Gasteiger partial charge in [0.05, 0.1) is 5.92 Å². The molecule has 0 spiro atoms. The maximum absolute atomic E-state index is 10.7. The zero-order valence-electron chi connectivity index (χ0n) is 8.16. The smallest absolute Gasteiger partial charge is 0.306 e. The van der Waals surface area contributed by atoms with Crippen molar-refractivity contribution in [3.8, 4) is 0 Å². The van der Waals surface area contributed by atoms with E-state index in [9.17, 15) is 4.79 Å². The fourth-order valence-electron chi connectivity index (χ4n) is 1.67. The van der Waals surface area contributed by atoms with Gasteiger partial charge in [0.15, 0.2) is 0 Å². The largest absolute Gasteiger partial charge is 0.481 e. The maximum Gasteiger partial charge on any atom is 0.306 e. The standard InChI is InChI=1S/C11H16O2/c1-8(2)6-9-4-3-5-10(7-9)11(12)13/h3-4,6,9-10H,5,7H2,1-2H3,(H,12,13). The van der Waals surface area contributed by atoms with E-state index in [0.29, 0.717) is 12.3 Å². The second-order valence-electron chi connectivity index (χ2n) is 3.84. The normalized spacial score (nSPS) is 26.9. The summed E-state index contributed by atoms with van der Waals surface area (Å²) >= 11 is 0. The van der Waals surface area contributed by atoms with E-state index in [1.807, 2.05) is 19.9 Å². The highest BCUT2D eigenvalue weighted by Gasteiger charge is 2.21. The summed E-state index contributed by atoms with van der Waals surface area (Å²) in [6.07, 6.45) is 7.64. The highest BCUT2D eigenvalue weighted by molar-refractivity contribution is 5.70. The van der Waals surface area contributed by atoms with Crippen LogP contribution in [-0.2, 0) is 4.79 Å². The summed E-state index contributed by atoms with van der Waals surface area (Å²) < 4.78 is 0. The average Bonchev–Trinajstić information content (AvgIpc) is 2.03. The van der Waals surface area contributed by atoms with Gasteiger partial charge < -0.3 is 5.11 Å². The summed E-state index contributed by atoms with van der Waals surface area (Å²) in [6.45, 7) is 4.08. The van der Waals surface area contributed by atoms with Crippen LogP contribution in [0, 0.1) is 11.8 Å². The van der Waals surface area contributed by atoms with Gasteiger partial charge >= 0.3 is 5.97 Å². The number of rotatable bonds is 2. The van der Waals surface area contributed by atoms with Gasteiger partial charge in [-0.25, -0.2) is 0 Å². The molecule has 1 rings (SSSR count). The van der Waals surface area contributed by atoms with Gasteiger partial charge in [-0.1, -0.05) is 23.8 Å². The maximum atomic E-state index is 10.7. The molecular formula is C11H16O2. The van der Waals surface area contributed by atoms with Gasteiger partial charge in [0.2, 0.25) is 0 Å². The van der Waals surface area contributed by atoms with Gasteiger partial charge in [-0.05, 0) is 32.6 Å². The van der Waals surface area contributed by atoms with Crippen LogP contribution in [-0.4, -0.2) is 11.1 Å². The Morgan fingerprint density at radius 2 is 2.23 bits per heavy atom. The van der Waals surface area contributed by atoms with Crippen molar-refractivity contribution in [3.05, 3.63) is 23.8 Å². The Bertz CT molecular complexity index is 247. The monoisotopic (exact) mass is 180 g/mol. The molecule has 2 nitrogen and oxygen atoms in total. The molecule has 1 aliphatic rings. The molecule has 13 heavy (non-hydrogen) atoms. The molecule has 0 saturated heterocycles. The minimum Gasteiger partial charge on any atom is -0.481 e. The lowest BCUT2D eigenvalue weighted by Gasteiger charge is -2.19. The van der Waals surface area contributed by atoms with E-state index in [1.165, 1.54) is 5.57 Å². The van der Waals surface area contributed by atoms with Crippen molar-refractivity contribution in [1.82, 2.24) is 0 Å². The Balaban J connectivity index is 2.62. The van der Waals surface area contributed by atoms with E-state index < -0.39 is 5.97 Å². The molecular weight excluding hydrogens is 164 g/mol. The summed E-state index contributed by atoms with van der Waals surface area (Å²) in [5.74, 6) is -0.540. The van der Waals surface area contributed by atoms with Crippen LogP contribution >= 0.6 is 0 Å². The number of allylic oxidation sites excluding steroid dienone is 4. The number of carboxylic acid groups (broad SMARTS) is 1. The van der Waals surface area contributed by atoms with E-state index >= 15 is 0 Å².